The molecule has 19 heavy (non-hydrogen) atoms. The fourth-order valence-electron chi connectivity index (χ4n) is 1.99. The number of rotatable bonds is 3. The number of nitrogens with two attached hydrogens (primary N) is 1. The highest BCUT2D eigenvalue weighted by molar-refractivity contribution is 5.36. The zero-order chi connectivity index (χ0) is 13.2. The number of phenolic OH excluding ortho intramolecular Hbond substituents is 1. The molecule has 0 bridgehead atoms. The van der Waals surface area contributed by atoms with E-state index >= 15 is 0 Å². The average Bonchev–Trinajstić information content (AvgIpc) is 2.85. The zero-order valence-electron chi connectivity index (χ0n) is 10.1. The lowest BCUT2D eigenvalue weighted by atomic mass is 10.1. The third-order valence-corrected chi connectivity index (χ3v) is 2.96. The molecule has 3 aromatic rings. The molecular weight excluding hydrogens is 242 g/mol. The van der Waals surface area contributed by atoms with Gasteiger partial charge in [0.25, 0.3) is 0 Å². The van der Waals surface area contributed by atoms with E-state index in [1.54, 1.807) is 35.1 Å². The minimum atomic E-state index is -0.274. The van der Waals surface area contributed by atoms with Crippen LogP contribution in [0.15, 0.2) is 42.9 Å². The molecule has 1 aromatic carbocycles. The molecule has 2 heterocycles. The molecule has 0 saturated carbocycles. The Morgan fingerprint density at radius 2 is 1.95 bits per heavy atom. The number of fused-ring (bicyclic) bond motifs is 1. The van der Waals surface area contributed by atoms with Crippen molar-refractivity contribution in [3.63, 3.8) is 0 Å². The summed E-state index contributed by atoms with van der Waals surface area (Å²) in [4.78, 5) is 4.04. The number of nitrogens with zero attached hydrogens (tertiary/aromatic N) is 4. The van der Waals surface area contributed by atoms with Gasteiger partial charge in [-0.3, -0.25) is 4.40 Å². The van der Waals surface area contributed by atoms with E-state index in [4.69, 9.17) is 5.73 Å². The Balaban J connectivity index is 1.87. The van der Waals surface area contributed by atoms with Crippen LogP contribution in [0.1, 0.15) is 17.4 Å². The van der Waals surface area contributed by atoms with Gasteiger partial charge in [0.15, 0.2) is 11.5 Å². The number of hydrogen-bond acceptors (Lipinski definition) is 5. The van der Waals surface area contributed by atoms with Crippen molar-refractivity contribution in [3.05, 3.63) is 54.2 Å². The topological polar surface area (TPSA) is 89.3 Å². The van der Waals surface area contributed by atoms with Crippen LogP contribution < -0.4 is 5.73 Å². The molecule has 0 aliphatic rings. The van der Waals surface area contributed by atoms with Gasteiger partial charge in [-0.2, -0.15) is 0 Å². The Morgan fingerprint density at radius 3 is 2.74 bits per heavy atom. The van der Waals surface area contributed by atoms with E-state index in [0.29, 0.717) is 12.2 Å². The highest BCUT2D eigenvalue weighted by Crippen LogP contribution is 2.17. The minimum absolute atomic E-state index is 0.245. The molecular formula is C13H13N5O. The standard InChI is InChI=1S/C13H13N5O/c14-11(7-9-1-3-10(19)4-2-9)13-17-16-12-5-6-15-8-18(12)13/h1-6,8,11,19H,7,14H2. The zero-order valence-corrected chi connectivity index (χ0v) is 10.1. The first-order valence-electron chi connectivity index (χ1n) is 5.92. The first-order valence-corrected chi connectivity index (χ1v) is 5.92. The van der Waals surface area contributed by atoms with Crippen molar-refractivity contribution >= 4 is 5.65 Å². The van der Waals surface area contributed by atoms with Crippen LogP contribution in [0.25, 0.3) is 5.65 Å². The van der Waals surface area contributed by atoms with Gasteiger partial charge in [-0.05, 0) is 24.1 Å². The summed E-state index contributed by atoms with van der Waals surface area (Å²) in [6, 6.07) is 8.48. The molecule has 6 heteroatoms. The number of hydrogen-bond donors (Lipinski definition) is 2. The number of phenols is 1. The van der Waals surface area contributed by atoms with Crippen LogP contribution in [0.2, 0.25) is 0 Å². The third kappa shape index (κ3) is 2.25. The van der Waals surface area contributed by atoms with Gasteiger partial charge >= 0.3 is 0 Å². The summed E-state index contributed by atoms with van der Waals surface area (Å²) < 4.78 is 1.78. The van der Waals surface area contributed by atoms with Crippen molar-refractivity contribution in [3.8, 4) is 5.75 Å². The fourth-order valence-corrected chi connectivity index (χ4v) is 1.99. The maximum atomic E-state index is 9.25. The maximum absolute atomic E-state index is 9.25. The van der Waals surface area contributed by atoms with Crippen molar-refractivity contribution in [1.82, 2.24) is 19.6 Å². The lowest BCUT2D eigenvalue weighted by molar-refractivity contribution is 0.475. The van der Waals surface area contributed by atoms with Gasteiger partial charge in [0.2, 0.25) is 0 Å². The predicted molar refractivity (Wildman–Crippen MR) is 69.5 cm³/mol. The molecule has 3 N–H and O–H groups in total. The van der Waals surface area contributed by atoms with Gasteiger partial charge in [0.05, 0.1) is 6.04 Å². The predicted octanol–water partition coefficient (Wildman–Crippen LogP) is 1.07. The Bertz CT molecular complexity index is 692. The molecule has 6 nitrogen and oxygen atoms in total. The molecule has 3 rings (SSSR count). The number of benzene rings is 1. The first kappa shape index (κ1) is 11.6. The summed E-state index contributed by atoms with van der Waals surface area (Å²) in [5.41, 5.74) is 7.92. The molecule has 2 aromatic heterocycles. The highest BCUT2D eigenvalue weighted by Gasteiger charge is 2.14. The lowest BCUT2D eigenvalue weighted by Gasteiger charge is -2.09. The van der Waals surface area contributed by atoms with E-state index in [-0.39, 0.29) is 11.8 Å². The largest absolute Gasteiger partial charge is 0.508 e. The van der Waals surface area contributed by atoms with E-state index in [2.05, 4.69) is 15.2 Å². The molecule has 1 atom stereocenters. The van der Waals surface area contributed by atoms with Crippen LogP contribution in [0.5, 0.6) is 5.75 Å². The van der Waals surface area contributed by atoms with Gasteiger partial charge in [0, 0.05) is 12.3 Å². The van der Waals surface area contributed by atoms with Gasteiger partial charge in [-0.25, -0.2) is 4.98 Å². The summed E-state index contributed by atoms with van der Waals surface area (Å²) in [6.07, 6.45) is 3.94. The molecule has 0 radical (unpaired) electrons. The second kappa shape index (κ2) is 4.66. The molecule has 0 amide bonds. The van der Waals surface area contributed by atoms with Crippen molar-refractivity contribution in [2.45, 2.75) is 12.5 Å². The van der Waals surface area contributed by atoms with E-state index in [1.165, 1.54) is 0 Å². The summed E-state index contributed by atoms with van der Waals surface area (Å²) >= 11 is 0. The molecule has 0 aliphatic heterocycles. The van der Waals surface area contributed by atoms with Crippen LogP contribution >= 0.6 is 0 Å². The summed E-state index contributed by atoms with van der Waals surface area (Å²) in [5, 5.41) is 17.4. The molecule has 0 fully saturated rings. The van der Waals surface area contributed by atoms with Crippen molar-refractivity contribution in [1.29, 1.82) is 0 Å². The van der Waals surface area contributed by atoms with E-state index < -0.39 is 0 Å². The molecule has 0 saturated heterocycles. The second-order valence-electron chi connectivity index (χ2n) is 4.34. The van der Waals surface area contributed by atoms with Gasteiger partial charge in [-0.15, -0.1) is 10.2 Å². The van der Waals surface area contributed by atoms with Crippen LogP contribution in [-0.4, -0.2) is 24.7 Å². The summed E-state index contributed by atoms with van der Waals surface area (Å²) in [5.74, 6) is 0.922. The summed E-state index contributed by atoms with van der Waals surface area (Å²) in [7, 11) is 0. The molecule has 96 valence electrons. The first-order chi connectivity index (χ1) is 9.24. The molecule has 0 aliphatic carbocycles. The maximum Gasteiger partial charge on any atom is 0.163 e. The Labute approximate surface area is 109 Å². The minimum Gasteiger partial charge on any atom is -0.508 e. The number of aromatic nitrogens is 4. The Morgan fingerprint density at radius 1 is 1.16 bits per heavy atom. The normalized spacial score (nSPS) is 12.7. The highest BCUT2D eigenvalue weighted by atomic mass is 16.3. The van der Waals surface area contributed by atoms with Gasteiger partial charge < -0.3 is 10.8 Å². The molecule has 1 unspecified atom stereocenters. The van der Waals surface area contributed by atoms with E-state index in [9.17, 15) is 5.11 Å². The quantitative estimate of drug-likeness (QED) is 0.730. The lowest BCUT2D eigenvalue weighted by Crippen LogP contribution is -2.16. The van der Waals surface area contributed by atoms with E-state index in [1.807, 2.05) is 12.1 Å². The SMILES string of the molecule is NC(Cc1ccc(O)cc1)c1nnc2ccncn12. The van der Waals surface area contributed by atoms with Gasteiger partial charge in [0.1, 0.15) is 12.1 Å². The monoisotopic (exact) mass is 255 g/mol. The van der Waals surface area contributed by atoms with Crippen molar-refractivity contribution < 1.29 is 5.11 Å². The third-order valence-electron chi connectivity index (χ3n) is 2.96. The average molecular weight is 255 g/mol. The van der Waals surface area contributed by atoms with Gasteiger partial charge in [-0.1, -0.05) is 12.1 Å². The molecule has 0 spiro atoms. The number of aromatic hydroxyl groups is 1. The van der Waals surface area contributed by atoms with Crippen molar-refractivity contribution in [2.24, 2.45) is 5.73 Å². The van der Waals surface area contributed by atoms with E-state index in [0.717, 1.165) is 11.2 Å². The Hall–Kier alpha value is -2.47. The van der Waals surface area contributed by atoms with Crippen molar-refractivity contribution in [2.75, 3.05) is 0 Å². The fraction of sp³-hybridized carbons (Fsp3) is 0.154. The smallest absolute Gasteiger partial charge is 0.163 e. The summed E-state index contributed by atoms with van der Waals surface area (Å²) in [6.45, 7) is 0. The Kier molecular flexibility index (Phi) is 2.85. The van der Waals surface area contributed by atoms with Crippen LogP contribution in [0.3, 0.4) is 0 Å². The van der Waals surface area contributed by atoms with Crippen LogP contribution in [0, 0.1) is 0 Å². The van der Waals surface area contributed by atoms with Crippen LogP contribution in [-0.2, 0) is 6.42 Å². The van der Waals surface area contributed by atoms with Crippen LogP contribution in [0.4, 0.5) is 0 Å². The second-order valence-corrected chi connectivity index (χ2v) is 4.34.